The van der Waals surface area contributed by atoms with E-state index < -0.39 is 0 Å². The largest absolute Gasteiger partial charge is 0.514 e. The Hall–Kier alpha value is -1.33. The zero-order valence-electron chi connectivity index (χ0n) is 11.2. The summed E-state index contributed by atoms with van der Waals surface area (Å²) in [4.78, 5) is 0. The van der Waals surface area contributed by atoms with E-state index in [1.165, 1.54) is 0 Å². The second-order valence-corrected chi connectivity index (χ2v) is 5.71. The lowest BCUT2D eigenvalue weighted by Crippen LogP contribution is -2.41. The van der Waals surface area contributed by atoms with Crippen molar-refractivity contribution in [2.45, 2.75) is 38.9 Å². The maximum Gasteiger partial charge on any atom is 0.514 e. The van der Waals surface area contributed by atoms with E-state index in [-0.39, 0.29) is 18.3 Å². The Balaban J connectivity index is 2.05. The average Bonchev–Trinajstić information content (AvgIpc) is 2.81. The smallest absolute Gasteiger partial charge is 0.398 e. The van der Waals surface area contributed by atoms with Gasteiger partial charge in [-0.15, -0.1) is 0 Å². The van der Waals surface area contributed by atoms with Gasteiger partial charge in [0.15, 0.2) is 0 Å². The van der Waals surface area contributed by atoms with Crippen molar-refractivity contribution in [1.82, 2.24) is 9.61 Å². The molecular formula is C13H17BN2O2. The zero-order valence-corrected chi connectivity index (χ0v) is 11.2. The fourth-order valence-corrected chi connectivity index (χ4v) is 2.11. The molecule has 0 saturated carbocycles. The molecule has 3 heterocycles. The van der Waals surface area contributed by atoms with Crippen LogP contribution >= 0.6 is 0 Å². The second-order valence-electron chi connectivity index (χ2n) is 5.71. The molecule has 1 saturated heterocycles. The first-order valence-corrected chi connectivity index (χ1v) is 6.19. The summed E-state index contributed by atoms with van der Waals surface area (Å²) in [5.41, 5.74) is 1.32. The first-order valence-electron chi connectivity index (χ1n) is 6.19. The second kappa shape index (κ2) is 3.59. The normalized spacial score (nSPS) is 21.7. The number of aromatic nitrogens is 2. The highest BCUT2D eigenvalue weighted by molar-refractivity contribution is 6.61. The first-order chi connectivity index (χ1) is 8.41. The SMILES string of the molecule is CC1(C)OB(c2cccc3ccnn23)OC1(C)C. The van der Waals surface area contributed by atoms with Gasteiger partial charge in [0.1, 0.15) is 0 Å². The molecule has 3 rings (SSSR count). The summed E-state index contributed by atoms with van der Waals surface area (Å²) in [7, 11) is -0.376. The minimum Gasteiger partial charge on any atom is -0.398 e. The highest BCUT2D eigenvalue weighted by Crippen LogP contribution is 2.36. The third kappa shape index (κ3) is 1.58. The van der Waals surface area contributed by atoms with Gasteiger partial charge in [-0.25, -0.2) is 4.52 Å². The monoisotopic (exact) mass is 244 g/mol. The summed E-state index contributed by atoms with van der Waals surface area (Å²) in [5, 5.41) is 4.32. The van der Waals surface area contributed by atoms with E-state index in [0.29, 0.717) is 0 Å². The van der Waals surface area contributed by atoms with Gasteiger partial charge in [-0.3, -0.25) is 0 Å². The van der Waals surface area contributed by atoms with Crippen LogP contribution in [0.4, 0.5) is 0 Å². The van der Waals surface area contributed by atoms with Crippen molar-refractivity contribution in [3.05, 3.63) is 30.5 Å². The molecule has 0 atom stereocenters. The van der Waals surface area contributed by atoms with Crippen LogP contribution in [0.1, 0.15) is 27.7 Å². The average molecular weight is 244 g/mol. The minimum absolute atomic E-state index is 0.326. The molecule has 0 bridgehead atoms. The molecule has 1 fully saturated rings. The van der Waals surface area contributed by atoms with Gasteiger partial charge in [0.25, 0.3) is 0 Å². The van der Waals surface area contributed by atoms with Crippen molar-refractivity contribution in [2.24, 2.45) is 0 Å². The number of nitrogens with zero attached hydrogens (tertiary/aromatic N) is 2. The van der Waals surface area contributed by atoms with Gasteiger partial charge in [0.2, 0.25) is 0 Å². The number of hydrogen-bond donors (Lipinski definition) is 0. The quantitative estimate of drug-likeness (QED) is 0.715. The molecule has 0 unspecified atom stereocenters. The molecule has 2 aromatic heterocycles. The molecule has 1 aliphatic heterocycles. The van der Waals surface area contributed by atoms with Crippen molar-refractivity contribution < 1.29 is 9.31 Å². The van der Waals surface area contributed by atoms with Gasteiger partial charge in [-0.05, 0) is 45.9 Å². The highest BCUT2D eigenvalue weighted by atomic mass is 16.7. The van der Waals surface area contributed by atoms with Crippen molar-refractivity contribution >= 4 is 18.2 Å². The van der Waals surface area contributed by atoms with Crippen molar-refractivity contribution in [3.8, 4) is 0 Å². The molecule has 94 valence electrons. The van der Waals surface area contributed by atoms with Crippen LogP contribution in [0.5, 0.6) is 0 Å². The lowest BCUT2D eigenvalue weighted by molar-refractivity contribution is 0.00578. The number of pyridine rings is 1. The molecular weight excluding hydrogens is 227 g/mol. The van der Waals surface area contributed by atoms with Crippen LogP contribution in [0.15, 0.2) is 30.5 Å². The van der Waals surface area contributed by atoms with Crippen LogP contribution in [0.25, 0.3) is 5.52 Å². The van der Waals surface area contributed by atoms with E-state index in [9.17, 15) is 0 Å². The molecule has 0 N–H and O–H groups in total. The molecule has 0 aromatic carbocycles. The molecule has 0 radical (unpaired) electrons. The molecule has 0 spiro atoms. The summed E-state index contributed by atoms with van der Waals surface area (Å²) in [5.74, 6) is 0. The van der Waals surface area contributed by atoms with E-state index in [4.69, 9.17) is 9.31 Å². The van der Waals surface area contributed by atoms with E-state index in [1.54, 1.807) is 6.20 Å². The molecule has 2 aromatic rings. The van der Waals surface area contributed by atoms with Gasteiger partial charge in [-0.2, -0.15) is 5.10 Å². The summed E-state index contributed by atoms with van der Waals surface area (Å²) in [6, 6.07) is 7.97. The van der Waals surface area contributed by atoms with E-state index in [1.807, 2.05) is 28.8 Å². The summed E-state index contributed by atoms with van der Waals surface area (Å²) < 4.78 is 14.0. The van der Waals surface area contributed by atoms with Crippen molar-refractivity contribution in [3.63, 3.8) is 0 Å². The Kier molecular flexibility index (Phi) is 2.34. The molecule has 5 heteroatoms. The Morgan fingerprint density at radius 3 is 2.39 bits per heavy atom. The van der Waals surface area contributed by atoms with Gasteiger partial charge < -0.3 is 9.31 Å². The summed E-state index contributed by atoms with van der Waals surface area (Å²) >= 11 is 0. The first kappa shape index (κ1) is 11.7. The topological polar surface area (TPSA) is 35.8 Å². The third-order valence-corrected chi connectivity index (χ3v) is 3.95. The molecule has 4 nitrogen and oxygen atoms in total. The fraction of sp³-hybridized carbons (Fsp3) is 0.462. The van der Waals surface area contributed by atoms with Gasteiger partial charge in [0, 0.05) is 6.20 Å². The Labute approximate surface area is 107 Å². The Bertz CT molecular complexity index is 575. The van der Waals surface area contributed by atoms with E-state index in [2.05, 4.69) is 32.8 Å². The number of hydrogen-bond acceptors (Lipinski definition) is 3. The van der Waals surface area contributed by atoms with Crippen LogP contribution in [-0.2, 0) is 9.31 Å². The van der Waals surface area contributed by atoms with Gasteiger partial charge in [-0.1, -0.05) is 6.07 Å². The number of fused-ring (bicyclic) bond motifs is 1. The molecule has 0 aliphatic carbocycles. The molecule has 18 heavy (non-hydrogen) atoms. The van der Waals surface area contributed by atoms with Gasteiger partial charge in [0.05, 0.1) is 22.3 Å². The van der Waals surface area contributed by atoms with Crippen LogP contribution < -0.4 is 5.59 Å². The van der Waals surface area contributed by atoms with Crippen LogP contribution in [0.2, 0.25) is 0 Å². The van der Waals surface area contributed by atoms with E-state index >= 15 is 0 Å². The fourth-order valence-electron chi connectivity index (χ4n) is 2.11. The maximum absolute atomic E-state index is 6.04. The molecule has 0 amide bonds. The van der Waals surface area contributed by atoms with Crippen LogP contribution in [0, 0.1) is 0 Å². The van der Waals surface area contributed by atoms with Crippen molar-refractivity contribution in [1.29, 1.82) is 0 Å². The minimum atomic E-state index is -0.376. The molecule has 1 aliphatic rings. The lowest BCUT2D eigenvalue weighted by Gasteiger charge is -2.32. The summed E-state index contributed by atoms with van der Waals surface area (Å²) in [6.45, 7) is 8.21. The summed E-state index contributed by atoms with van der Waals surface area (Å²) in [6.07, 6.45) is 1.78. The van der Waals surface area contributed by atoms with Gasteiger partial charge >= 0.3 is 7.12 Å². The Morgan fingerprint density at radius 1 is 1.06 bits per heavy atom. The zero-order chi connectivity index (χ0) is 13.0. The maximum atomic E-state index is 6.04. The Morgan fingerprint density at radius 2 is 1.72 bits per heavy atom. The highest BCUT2D eigenvalue weighted by Gasteiger charge is 2.52. The predicted octanol–water partition coefficient (Wildman–Crippen LogP) is 1.63. The standard InChI is InChI=1S/C13H17BN2O2/c1-12(2)13(3,4)18-14(17-12)11-7-5-6-10-8-9-15-16(10)11/h5-9H,1-4H3. The lowest BCUT2D eigenvalue weighted by atomic mass is 9.84. The van der Waals surface area contributed by atoms with Crippen LogP contribution in [-0.4, -0.2) is 27.9 Å². The number of rotatable bonds is 1. The third-order valence-electron chi connectivity index (χ3n) is 3.95. The van der Waals surface area contributed by atoms with Crippen LogP contribution in [0.3, 0.4) is 0 Å². The predicted molar refractivity (Wildman–Crippen MR) is 70.9 cm³/mol. The van der Waals surface area contributed by atoms with E-state index in [0.717, 1.165) is 11.1 Å². The van der Waals surface area contributed by atoms with Crippen molar-refractivity contribution in [2.75, 3.05) is 0 Å².